The number of ether oxygens (including phenoxy) is 1. The maximum absolute atomic E-state index is 13.3. The van der Waals surface area contributed by atoms with Crippen LogP contribution in [0.2, 0.25) is 0 Å². The molecule has 5 aromatic rings. The zero-order chi connectivity index (χ0) is 31.7. The van der Waals surface area contributed by atoms with Gasteiger partial charge >= 0.3 is 0 Å². The molecule has 230 valence electrons. The van der Waals surface area contributed by atoms with Crippen molar-refractivity contribution in [3.05, 3.63) is 101 Å². The molecule has 1 amide bonds. The largest absolute Gasteiger partial charge is 0.382 e. The van der Waals surface area contributed by atoms with Crippen LogP contribution in [0.4, 0.5) is 17.3 Å². The fourth-order valence-corrected chi connectivity index (χ4v) is 5.43. The summed E-state index contributed by atoms with van der Waals surface area (Å²) in [6.07, 6.45) is 1.79. The van der Waals surface area contributed by atoms with E-state index in [1.807, 2.05) is 61.5 Å². The zero-order valence-electron chi connectivity index (χ0n) is 26.0. The number of hydrogen-bond donors (Lipinski definition) is 2. The Morgan fingerprint density at radius 1 is 0.956 bits per heavy atom. The van der Waals surface area contributed by atoms with Gasteiger partial charge in [-0.1, -0.05) is 63.2 Å². The van der Waals surface area contributed by atoms with Crippen molar-refractivity contribution < 1.29 is 14.3 Å². The number of benzene rings is 3. The molecule has 0 unspecified atom stereocenters. The summed E-state index contributed by atoms with van der Waals surface area (Å²) in [6, 6.07) is 20.9. The van der Waals surface area contributed by atoms with Crippen LogP contribution in [0.25, 0.3) is 17.0 Å². The van der Waals surface area contributed by atoms with E-state index in [1.165, 1.54) is 11.8 Å². The van der Waals surface area contributed by atoms with Crippen molar-refractivity contribution in [2.24, 2.45) is 0 Å². The highest BCUT2D eigenvalue weighted by molar-refractivity contribution is 5.98. The molecule has 45 heavy (non-hydrogen) atoms. The molecule has 10 heteroatoms. The number of nitrogens with zero attached hydrogens (tertiary/aromatic N) is 5. The standard InChI is InChI=1S/C35H37N7O3/c1-22-25(20-29(43)23-8-12-26(13-9-23)35(2,3)4)6-5-7-28(22)31-39-32(33-37-21-30(36)42(33)40-31)38-27-14-10-24(11-15-27)34(44)41-16-18-45-19-17-41/h5-15,21H,16-20,36H2,1-4H3,(H,38,39,40). The molecule has 3 heterocycles. The topological polar surface area (TPSA) is 128 Å². The molecular formula is C35H37N7O3. The van der Waals surface area contributed by atoms with E-state index < -0.39 is 0 Å². The number of aromatic nitrogens is 4. The monoisotopic (exact) mass is 603 g/mol. The van der Waals surface area contributed by atoms with Gasteiger partial charge in [-0.3, -0.25) is 9.59 Å². The first-order valence-electron chi connectivity index (χ1n) is 15.1. The minimum Gasteiger partial charge on any atom is -0.382 e. The van der Waals surface area contributed by atoms with Crippen LogP contribution in [-0.2, 0) is 16.6 Å². The van der Waals surface area contributed by atoms with Crippen LogP contribution in [0, 0.1) is 6.92 Å². The Kier molecular flexibility index (Phi) is 8.07. The van der Waals surface area contributed by atoms with E-state index in [4.69, 9.17) is 20.6 Å². The average Bonchev–Trinajstić information content (AvgIpc) is 3.42. The SMILES string of the molecule is Cc1c(CC(=O)c2ccc(C(C)(C)C)cc2)cccc1-c1nc(Nc2ccc(C(=O)N3CCOCC3)cc2)c2ncc(N)n2n1. The van der Waals surface area contributed by atoms with Crippen molar-refractivity contribution in [1.82, 2.24) is 24.5 Å². The van der Waals surface area contributed by atoms with Crippen molar-refractivity contribution >= 4 is 34.7 Å². The fraction of sp³-hybridized carbons (Fsp3) is 0.286. The number of rotatable bonds is 7. The van der Waals surface area contributed by atoms with Gasteiger partial charge in [0.25, 0.3) is 5.91 Å². The Bertz CT molecular complexity index is 1870. The van der Waals surface area contributed by atoms with Gasteiger partial charge in [0, 0.05) is 41.9 Å². The highest BCUT2D eigenvalue weighted by Gasteiger charge is 2.20. The molecule has 0 spiro atoms. The van der Waals surface area contributed by atoms with Gasteiger partial charge in [0.2, 0.25) is 0 Å². The molecular weight excluding hydrogens is 566 g/mol. The lowest BCUT2D eigenvalue weighted by Crippen LogP contribution is -2.40. The number of nitrogen functional groups attached to an aromatic ring is 1. The minimum absolute atomic E-state index is 0.0193. The number of carbonyl (C=O) groups is 2. The summed E-state index contributed by atoms with van der Waals surface area (Å²) in [7, 11) is 0. The second-order valence-corrected chi connectivity index (χ2v) is 12.3. The Morgan fingerprint density at radius 2 is 1.64 bits per heavy atom. The van der Waals surface area contributed by atoms with Crippen LogP contribution < -0.4 is 11.1 Å². The number of nitrogens with two attached hydrogens (primary N) is 1. The number of anilines is 3. The highest BCUT2D eigenvalue weighted by atomic mass is 16.5. The first-order valence-corrected chi connectivity index (χ1v) is 15.1. The molecule has 3 N–H and O–H groups in total. The van der Waals surface area contributed by atoms with Gasteiger partial charge in [-0.25, -0.2) is 9.97 Å². The van der Waals surface area contributed by atoms with Crippen LogP contribution in [0.5, 0.6) is 0 Å². The number of hydrogen-bond acceptors (Lipinski definition) is 8. The summed E-state index contributed by atoms with van der Waals surface area (Å²) in [5.41, 5.74) is 12.5. The summed E-state index contributed by atoms with van der Waals surface area (Å²) >= 11 is 0. The van der Waals surface area contributed by atoms with Crippen LogP contribution in [0.15, 0.2) is 72.9 Å². The second kappa shape index (κ2) is 12.1. The van der Waals surface area contributed by atoms with E-state index >= 15 is 0 Å². The highest BCUT2D eigenvalue weighted by Crippen LogP contribution is 2.29. The van der Waals surface area contributed by atoms with Crippen LogP contribution in [0.1, 0.15) is 58.2 Å². The van der Waals surface area contributed by atoms with Crippen molar-refractivity contribution in [1.29, 1.82) is 0 Å². The summed E-state index contributed by atoms with van der Waals surface area (Å²) in [4.78, 5) is 37.2. The van der Waals surface area contributed by atoms with Crippen molar-refractivity contribution in [3.63, 3.8) is 0 Å². The lowest BCUT2D eigenvalue weighted by molar-refractivity contribution is 0.0303. The van der Waals surface area contributed by atoms with E-state index in [2.05, 4.69) is 31.1 Å². The minimum atomic E-state index is -0.0200. The number of carbonyl (C=O) groups excluding carboxylic acids is 2. The van der Waals surface area contributed by atoms with E-state index in [1.54, 1.807) is 21.5 Å². The molecule has 0 radical (unpaired) electrons. The molecule has 1 fully saturated rings. The number of fused-ring (bicyclic) bond motifs is 1. The van der Waals surface area contributed by atoms with Crippen LogP contribution in [0.3, 0.4) is 0 Å². The van der Waals surface area contributed by atoms with Gasteiger partial charge in [0.1, 0.15) is 5.82 Å². The number of morpholine rings is 1. The number of imidazole rings is 1. The molecule has 0 saturated carbocycles. The molecule has 3 aromatic carbocycles. The second-order valence-electron chi connectivity index (χ2n) is 12.3. The Morgan fingerprint density at radius 3 is 2.33 bits per heavy atom. The average molecular weight is 604 g/mol. The molecule has 10 nitrogen and oxygen atoms in total. The smallest absolute Gasteiger partial charge is 0.254 e. The van der Waals surface area contributed by atoms with Gasteiger partial charge < -0.3 is 20.7 Å². The molecule has 2 aromatic heterocycles. The molecule has 1 aliphatic rings. The van der Waals surface area contributed by atoms with E-state index in [0.717, 1.165) is 22.4 Å². The van der Waals surface area contributed by atoms with Gasteiger partial charge in [-0.15, -0.1) is 5.10 Å². The predicted octanol–water partition coefficient (Wildman–Crippen LogP) is 5.62. The molecule has 0 atom stereocenters. The number of Topliss-reactive ketones (excluding diaryl/α,β-unsaturated/α-hetero) is 1. The van der Waals surface area contributed by atoms with Crippen molar-refractivity contribution in [2.75, 3.05) is 37.4 Å². The summed E-state index contributed by atoms with van der Waals surface area (Å²) < 4.78 is 6.91. The van der Waals surface area contributed by atoms with Crippen LogP contribution >= 0.6 is 0 Å². The van der Waals surface area contributed by atoms with Crippen molar-refractivity contribution in [2.45, 2.75) is 39.5 Å². The van der Waals surface area contributed by atoms with Gasteiger partial charge in [0.05, 0.1) is 19.4 Å². The molecule has 0 aliphatic carbocycles. The fourth-order valence-electron chi connectivity index (χ4n) is 5.43. The lowest BCUT2D eigenvalue weighted by Gasteiger charge is -2.26. The third-order valence-electron chi connectivity index (χ3n) is 8.19. The number of ketones is 1. The summed E-state index contributed by atoms with van der Waals surface area (Å²) in [5.74, 6) is 1.29. The zero-order valence-corrected chi connectivity index (χ0v) is 26.0. The van der Waals surface area contributed by atoms with Gasteiger partial charge in [-0.2, -0.15) is 4.52 Å². The maximum atomic E-state index is 13.3. The quantitative estimate of drug-likeness (QED) is 0.230. The van der Waals surface area contributed by atoms with Crippen molar-refractivity contribution in [3.8, 4) is 11.4 Å². The van der Waals surface area contributed by atoms with Gasteiger partial charge in [0.15, 0.2) is 23.1 Å². The summed E-state index contributed by atoms with van der Waals surface area (Å²) in [6.45, 7) is 10.7. The normalized spacial score (nSPS) is 13.6. The first kappa shape index (κ1) is 30.0. The Labute approximate surface area is 262 Å². The molecule has 1 saturated heterocycles. The number of nitrogens with one attached hydrogen (secondary N) is 1. The van der Waals surface area contributed by atoms with E-state index in [9.17, 15) is 9.59 Å². The third-order valence-corrected chi connectivity index (χ3v) is 8.19. The van der Waals surface area contributed by atoms with E-state index in [-0.39, 0.29) is 23.5 Å². The van der Waals surface area contributed by atoms with Gasteiger partial charge in [-0.05, 0) is 53.3 Å². The molecule has 1 aliphatic heterocycles. The summed E-state index contributed by atoms with van der Waals surface area (Å²) in [5, 5.41) is 8.03. The molecule has 0 bridgehead atoms. The lowest BCUT2D eigenvalue weighted by atomic mass is 9.86. The van der Waals surface area contributed by atoms with Crippen LogP contribution in [-0.4, -0.2) is 62.5 Å². The third kappa shape index (κ3) is 6.28. The first-order chi connectivity index (χ1) is 21.6. The Hall–Kier alpha value is -5.09. The maximum Gasteiger partial charge on any atom is 0.254 e. The predicted molar refractivity (Wildman–Crippen MR) is 175 cm³/mol. The Balaban J connectivity index is 1.27. The molecule has 6 rings (SSSR count). The number of amides is 1. The van der Waals surface area contributed by atoms with E-state index in [0.29, 0.717) is 60.5 Å².